The van der Waals surface area contributed by atoms with Gasteiger partial charge in [0.2, 0.25) is 21.8 Å². The molecule has 0 aliphatic heterocycles. The van der Waals surface area contributed by atoms with Gasteiger partial charge in [-0.2, -0.15) is 0 Å². The summed E-state index contributed by atoms with van der Waals surface area (Å²) in [6.07, 6.45) is 1.37. The van der Waals surface area contributed by atoms with E-state index in [1.807, 2.05) is 13.8 Å². The van der Waals surface area contributed by atoms with E-state index in [9.17, 15) is 18.0 Å². The Morgan fingerprint density at radius 2 is 1.63 bits per heavy atom. The lowest BCUT2D eigenvalue weighted by molar-refractivity contribution is -0.140. The highest BCUT2D eigenvalue weighted by Crippen LogP contribution is 2.28. The van der Waals surface area contributed by atoms with Crippen LogP contribution >= 0.6 is 23.2 Å². The maximum Gasteiger partial charge on any atom is 0.244 e. The van der Waals surface area contributed by atoms with Crippen molar-refractivity contribution in [3.63, 3.8) is 0 Å². The first-order chi connectivity index (χ1) is 16.4. The van der Waals surface area contributed by atoms with E-state index in [-0.39, 0.29) is 18.4 Å². The third kappa shape index (κ3) is 7.85. The summed E-state index contributed by atoms with van der Waals surface area (Å²) < 4.78 is 26.4. The molecular weight excluding hydrogens is 509 g/mol. The van der Waals surface area contributed by atoms with Gasteiger partial charge < -0.3 is 10.2 Å². The highest BCUT2D eigenvalue weighted by atomic mass is 35.5. The van der Waals surface area contributed by atoms with Crippen LogP contribution in [0, 0.1) is 12.8 Å². The van der Waals surface area contributed by atoms with Gasteiger partial charge in [-0.3, -0.25) is 13.9 Å². The second kappa shape index (κ2) is 12.6. The highest BCUT2D eigenvalue weighted by Gasteiger charge is 2.32. The summed E-state index contributed by atoms with van der Waals surface area (Å²) in [4.78, 5) is 28.2. The number of carbonyl (C=O) groups excluding carboxylic acids is 2. The predicted octanol–water partition coefficient (Wildman–Crippen LogP) is 4.65. The first-order valence-corrected chi connectivity index (χ1v) is 14.0. The van der Waals surface area contributed by atoms with Crippen LogP contribution in [-0.2, 0) is 26.2 Å². The Morgan fingerprint density at radius 3 is 2.14 bits per heavy atom. The van der Waals surface area contributed by atoms with Crippen LogP contribution in [0.25, 0.3) is 0 Å². The molecule has 0 radical (unpaired) electrons. The zero-order valence-corrected chi connectivity index (χ0v) is 23.0. The molecule has 2 amide bonds. The number of aryl methyl sites for hydroxylation is 1. The van der Waals surface area contributed by atoms with E-state index in [0.717, 1.165) is 10.6 Å². The van der Waals surface area contributed by atoms with Gasteiger partial charge in [0.05, 0.1) is 11.9 Å². The van der Waals surface area contributed by atoms with E-state index in [2.05, 4.69) is 5.32 Å². The molecule has 1 N–H and O–H groups in total. The van der Waals surface area contributed by atoms with Gasteiger partial charge in [-0.15, -0.1) is 0 Å². The summed E-state index contributed by atoms with van der Waals surface area (Å²) >= 11 is 12.7. The maximum absolute atomic E-state index is 13.7. The molecule has 192 valence electrons. The Labute approximate surface area is 218 Å². The molecule has 0 saturated heterocycles. The van der Waals surface area contributed by atoms with E-state index < -0.39 is 28.5 Å². The second-order valence-electron chi connectivity index (χ2n) is 8.84. The number of anilines is 1. The molecule has 7 nitrogen and oxygen atoms in total. The molecule has 0 bridgehead atoms. The molecule has 0 aliphatic carbocycles. The fraction of sp³-hybridized carbons (Fsp3) is 0.440. The Balaban J connectivity index is 2.50. The third-order valence-corrected chi connectivity index (χ3v) is 7.36. The van der Waals surface area contributed by atoms with Crippen molar-refractivity contribution < 1.29 is 18.0 Å². The van der Waals surface area contributed by atoms with Gasteiger partial charge in [0, 0.05) is 28.7 Å². The van der Waals surface area contributed by atoms with E-state index in [1.54, 1.807) is 56.3 Å². The van der Waals surface area contributed by atoms with Gasteiger partial charge >= 0.3 is 0 Å². The van der Waals surface area contributed by atoms with Crippen LogP contribution < -0.4 is 9.62 Å². The molecule has 35 heavy (non-hydrogen) atoms. The normalized spacial score (nSPS) is 12.3. The lowest BCUT2D eigenvalue weighted by Gasteiger charge is -2.33. The van der Waals surface area contributed by atoms with Crippen molar-refractivity contribution in [2.24, 2.45) is 5.92 Å². The average molecular weight is 543 g/mol. The number of nitrogens with one attached hydrogen (secondary N) is 1. The highest BCUT2D eigenvalue weighted by molar-refractivity contribution is 7.92. The van der Waals surface area contributed by atoms with Crippen LogP contribution in [0.1, 0.15) is 38.3 Å². The summed E-state index contributed by atoms with van der Waals surface area (Å²) in [5.41, 5.74) is 1.59. The molecule has 0 spiro atoms. The number of carbonyl (C=O) groups is 2. The van der Waals surface area contributed by atoms with E-state index in [4.69, 9.17) is 23.2 Å². The predicted molar refractivity (Wildman–Crippen MR) is 142 cm³/mol. The Kier molecular flexibility index (Phi) is 10.4. The number of rotatable bonds is 11. The molecule has 0 fully saturated rings. The summed E-state index contributed by atoms with van der Waals surface area (Å²) in [5.74, 6) is -0.638. The van der Waals surface area contributed by atoms with Crippen LogP contribution in [-0.4, -0.2) is 50.5 Å². The van der Waals surface area contributed by atoms with E-state index >= 15 is 0 Å². The van der Waals surface area contributed by atoms with Crippen molar-refractivity contribution in [3.8, 4) is 0 Å². The van der Waals surface area contributed by atoms with Crippen molar-refractivity contribution in [2.75, 3.05) is 23.7 Å². The van der Waals surface area contributed by atoms with E-state index in [1.165, 1.54) is 4.90 Å². The molecule has 0 saturated carbocycles. The van der Waals surface area contributed by atoms with Gasteiger partial charge in [0.15, 0.2) is 0 Å². The molecule has 1 atom stereocenters. The van der Waals surface area contributed by atoms with Gasteiger partial charge in [-0.05, 0) is 43.0 Å². The second-order valence-corrected chi connectivity index (χ2v) is 11.6. The number of para-hydroxylation sites is 1. The minimum absolute atomic E-state index is 0.0453. The lowest BCUT2D eigenvalue weighted by atomic mass is 10.1. The van der Waals surface area contributed by atoms with Crippen molar-refractivity contribution in [2.45, 2.75) is 46.7 Å². The van der Waals surface area contributed by atoms with Crippen molar-refractivity contribution in [3.05, 3.63) is 63.6 Å². The molecule has 0 heterocycles. The van der Waals surface area contributed by atoms with Gasteiger partial charge in [0.1, 0.15) is 12.6 Å². The standard InChI is InChI=1S/C25H33Cl2N3O4S/c1-6-22(25(32)28-14-17(2)3)29(15-19-20(26)11-9-12-21(19)27)24(31)16-30(35(5,33)34)23-13-8-7-10-18(23)4/h7-13,17,22H,6,14-16H2,1-5H3,(H,28,32). The third-order valence-electron chi connectivity index (χ3n) is 5.52. The van der Waals surface area contributed by atoms with Crippen LogP contribution in [0.3, 0.4) is 0 Å². The number of hydrogen-bond acceptors (Lipinski definition) is 4. The maximum atomic E-state index is 13.7. The summed E-state index contributed by atoms with van der Waals surface area (Å²) in [6, 6.07) is 11.1. The number of amides is 2. The monoisotopic (exact) mass is 541 g/mol. The van der Waals surface area contributed by atoms with Crippen molar-refractivity contribution in [1.82, 2.24) is 10.2 Å². The Bertz CT molecular complexity index is 1130. The first kappa shape index (κ1) is 28.9. The molecule has 2 aromatic rings. The molecule has 0 aromatic heterocycles. The largest absolute Gasteiger partial charge is 0.354 e. The summed E-state index contributed by atoms with van der Waals surface area (Å²) in [6.45, 7) is 7.44. The number of sulfonamides is 1. The number of nitrogens with zero attached hydrogens (tertiary/aromatic N) is 2. The first-order valence-electron chi connectivity index (χ1n) is 11.4. The van der Waals surface area contributed by atoms with Crippen LogP contribution in [0.15, 0.2) is 42.5 Å². The van der Waals surface area contributed by atoms with E-state index in [0.29, 0.717) is 39.8 Å². The smallest absolute Gasteiger partial charge is 0.244 e. The summed E-state index contributed by atoms with van der Waals surface area (Å²) in [7, 11) is -3.80. The fourth-order valence-electron chi connectivity index (χ4n) is 3.63. The summed E-state index contributed by atoms with van der Waals surface area (Å²) in [5, 5.41) is 3.58. The average Bonchev–Trinajstić information content (AvgIpc) is 2.77. The quantitative estimate of drug-likeness (QED) is 0.448. The topological polar surface area (TPSA) is 86.8 Å². The van der Waals surface area contributed by atoms with Gasteiger partial charge in [-0.1, -0.05) is 68.2 Å². The molecule has 2 rings (SSSR count). The SMILES string of the molecule is CCC(C(=O)NCC(C)C)N(Cc1c(Cl)cccc1Cl)C(=O)CN(c1ccccc1C)S(C)(=O)=O. The van der Waals surface area contributed by atoms with Crippen molar-refractivity contribution in [1.29, 1.82) is 0 Å². The minimum Gasteiger partial charge on any atom is -0.354 e. The van der Waals surface area contributed by atoms with Crippen molar-refractivity contribution >= 4 is 50.7 Å². The molecule has 0 aliphatic rings. The Morgan fingerprint density at radius 1 is 1.03 bits per heavy atom. The number of halogens is 2. The number of hydrogen-bond donors (Lipinski definition) is 1. The molecular formula is C25H33Cl2N3O4S. The van der Waals surface area contributed by atoms with Crippen LogP contribution in [0.5, 0.6) is 0 Å². The zero-order chi connectivity index (χ0) is 26.3. The van der Waals surface area contributed by atoms with Gasteiger partial charge in [0.25, 0.3) is 0 Å². The molecule has 2 aromatic carbocycles. The molecule has 10 heteroatoms. The fourth-order valence-corrected chi connectivity index (χ4v) is 5.06. The van der Waals surface area contributed by atoms with Crippen LogP contribution in [0.2, 0.25) is 10.0 Å². The number of benzene rings is 2. The van der Waals surface area contributed by atoms with Gasteiger partial charge in [-0.25, -0.2) is 8.42 Å². The Hall–Kier alpha value is -2.29. The lowest BCUT2D eigenvalue weighted by Crippen LogP contribution is -2.52. The zero-order valence-electron chi connectivity index (χ0n) is 20.7. The van der Waals surface area contributed by atoms with Crippen LogP contribution in [0.4, 0.5) is 5.69 Å². The molecule has 1 unspecified atom stereocenters. The minimum atomic E-state index is -3.80.